The summed E-state index contributed by atoms with van der Waals surface area (Å²) in [5.41, 5.74) is 4.30. The standard InChI is InChI=1S/C24H22FIN4O5S/c1-36(33,34)17-5-2-15(3-6-17)14-30-21-8-9-27-13-18(21)22(23(30)24(32)29-35-11-10-31)28-20-7-4-16(26)12-19(20)25/h2-9,12-13,28,31H,10-11,14H2,1H3,(H,29,32). The molecule has 0 saturated heterocycles. The topological polar surface area (TPSA) is 123 Å². The Balaban J connectivity index is 1.84. The molecule has 4 aromatic rings. The molecule has 12 heteroatoms. The number of nitrogens with zero attached hydrogens (tertiary/aromatic N) is 2. The van der Waals surface area contributed by atoms with Crippen LogP contribution in [-0.2, 0) is 21.2 Å². The van der Waals surface area contributed by atoms with Crippen molar-refractivity contribution in [2.45, 2.75) is 11.4 Å². The number of aromatic nitrogens is 2. The van der Waals surface area contributed by atoms with E-state index in [2.05, 4.69) is 15.8 Å². The van der Waals surface area contributed by atoms with Crippen molar-refractivity contribution in [3.63, 3.8) is 0 Å². The molecule has 3 N–H and O–H groups in total. The second-order valence-electron chi connectivity index (χ2n) is 7.87. The monoisotopic (exact) mass is 624 g/mol. The van der Waals surface area contributed by atoms with Gasteiger partial charge in [-0.25, -0.2) is 18.3 Å². The SMILES string of the molecule is CS(=O)(=O)c1ccc(Cn2c(C(=O)NOCCO)c(Nc3ccc(I)cc3F)c3cnccc32)cc1. The van der Waals surface area contributed by atoms with E-state index in [1.54, 1.807) is 47.3 Å². The Morgan fingerprint density at radius 2 is 1.94 bits per heavy atom. The number of carbonyl (C=O) groups excluding carboxylic acids is 1. The van der Waals surface area contributed by atoms with Gasteiger partial charge in [0.05, 0.1) is 35.0 Å². The predicted octanol–water partition coefficient (Wildman–Crippen LogP) is 3.63. The Hall–Kier alpha value is -3.07. The highest BCUT2D eigenvalue weighted by atomic mass is 127. The van der Waals surface area contributed by atoms with Gasteiger partial charge in [-0.15, -0.1) is 0 Å². The first-order valence-corrected chi connectivity index (χ1v) is 13.7. The summed E-state index contributed by atoms with van der Waals surface area (Å²) in [6, 6.07) is 12.7. The Morgan fingerprint density at radius 3 is 2.61 bits per heavy atom. The van der Waals surface area contributed by atoms with Crippen LogP contribution < -0.4 is 10.8 Å². The number of carbonyl (C=O) groups is 1. The maximum absolute atomic E-state index is 14.7. The second-order valence-corrected chi connectivity index (χ2v) is 11.1. The Morgan fingerprint density at radius 1 is 1.19 bits per heavy atom. The van der Waals surface area contributed by atoms with E-state index in [9.17, 15) is 17.6 Å². The van der Waals surface area contributed by atoms with Crippen LogP contribution in [0.5, 0.6) is 0 Å². The van der Waals surface area contributed by atoms with Crippen LogP contribution in [0.1, 0.15) is 16.1 Å². The first-order chi connectivity index (χ1) is 17.2. The number of aliphatic hydroxyl groups excluding tert-OH is 1. The van der Waals surface area contributed by atoms with Gasteiger partial charge in [0.15, 0.2) is 9.84 Å². The smallest absolute Gasteiger partial charge is 0.293 e. The van der Waals surface area contributed by atoms with Gasteiger partial charge < -0.3 is 15.0 Å². The minimum Gasteiger partial charge on any atom is -0.394 e. The molecule has 0 unspecified atom stereocenters. The van der Waals surface area contributed by atoms with Gasteiger partial charge in [0.2, 0.25) is 0 Å². The van der Waals surface area contributed by atoms with Gasteiger partial charge in [0.25, 0.3) is 5.91 Å². The van der Waals surface area contributed by atoms with Crippen molar-refractivity contribution in [2.24, 2.45) is 0 Å². The number of nitrogens with one attached hydrogen (secondary N) is 2. The molecule has 0 saturated carbocycles. The van der Waals surface area contributed by atoms with E-state index in [0.29, 0.717) is 20.2 Å². The number of benzene rings is 2. The molecule has 0 spiro atoms. The van der Waals surface area contributed by atoms with Crippen LogP contribution in [0.15, 0.2) is 65.8 Å². The number of fused-ring (bicyclic) bond motifs is 1. The number of pyridine rings is 1. The number of rotatable bonds is 9. The average Bonchev–Trinajstić information content (AvgIpc) is 3.14. The number of hydrogen-bond donors (Lipinski definition) is 3. The summed E-state index contributed by atoms with van der Waals surface area (Å²) >= 11 is 2.01. The minimum atomic E-state index is -3.36. The van der Waals surface area contributed by atoms with Crippen molar-refractivity contribution in [3.8, 4) is 0 Å². The number of amides is 1. The predicted molar refractivity (Wildman–Crippen MR) is 141 cm³/mol. The molecule has 0 fully saturated rings. The van der Waals surface area contributed by atoms with Gasteiger partial charge in [0, 0.05) is 34.2 Å². The average molecular weight is 624 g/mol. The zero-order valence-electron chi connectivity index (χ0n) is 19.0. The number of halogens is 2. The molecule has 0 aliphatic rings. The Kier molecular flexibility index (Phi) is 7.88. The summed E-state index contributed by atoms with van der Waals surface area (Å²) < 4.78 is 40.8. The molecule has 4 rings (SSSR count). The van der Waals surface area contributed by atoms with E-state index in [4.69, 9.17) is 9.94 Å². The van der Waals surface area contributed by atoms with Gasteiger partial charge >= 0.3 is 0 Å². The highest BCUT2D eigenvalue weighted by Gasteiger charge is 2.24. The normalized spacial score (nSPS) is 11.6. The fourth-order valence-corrected chi connectivity index (χ4v) is 4.77. The van der Waals surface area contributed by atoms with Crippen LogP contribution in [0.2, 0.25) is 0 Å². The lowest BCUT2D eigenvalue weighted by Gasteiger charge is -2.14. The van der Waals surface area contributed by atoms with E-state index < -0.39 is 21.6 Å². The Labute approximate surface area is 220 Å². The van der Waals surface area contributed by atoms with E-state index in [1.165, 1.54) is 18.2 Å². The molecule has 0 aliphatic carbocycles. The molecule has 2 heterocycles. The molecule has 0 atom stereocenters. The lowest BCUT2D eigenvalue weighted by molar-refractivity contribution is 0.0163. The summed E-state index contributed by atoms with van der Waals surface area (Å²) in [6.07, 6.45) is 4.27. The first-order valence-electron chi connectivity index (χ1n) is 10.7. The number of hydrogen-bond acceptors (Lipinski definition) is 7. The number of anilines is 2. The molecular weight excluding hydrogens is 602 g/mol. The molecular formula is C24H22FIN4O5S. The van der Waals surface area contributed by atoms with E-state index in [-0.39, 0.29) is 36.0 Å². The molecule has 2 aromatic heterocycles. The zero-order valence-corrected chi connectivity index (χ0v) is 22.0. The first kappa shape index (κ1) is 26.0. The van der Waals surface area contributed by atoms with Crippen LogP contribution >= 0.6 is 22.6 Å². The fraction of sp³-hybridized carbons (Fsp3) is 0.167. The number of sulfone groups is 1. The Bertz CT molecular complexity index is 1520. The largest absolute Gasteiger partial charge is 0.394 e. The van der Waals surface area contributed by atoms with Crippen molar-refractivity contribution in [1.29, 1.82) is 0 Å². The highest BCUT2D eigenvalue weighted by molar-refractivity contribution is 14.1. The molecule has 36 heavy (non-hydrogen) atoms. The van der Waals surface area contributed by atoms with Crippen molar-refractivity contribution < 1.29 is 27.5 Å². The lowest BCUT2D eigenvalue weighted by Crippen LogP contribution is -2.28. The lowest BCUT2D eigenvalue weighted by atomic mass is 10.2. The van der Waals surface area contributed by atoms with Gasteiger partial charge in [-0.2, -0.15) is 0 Å². The van der Waals surface area contributed by atoms with Crippen molar-refractivity contribution in [3.05, 3.63) is 81.6 Å². The molecule has 0 aliphatic heterocycles. The van der Waals surface area contributed by atoms with Crippen molar-refractivity contribution >= 4 is 60.6 Å². The van der Waals surface area contributed by atoms with Crippen LogP contribution in [0.25, 0.3) is 10.9 Å². The minimum absolute atomic E-state index is 0.116. The maximum Gasteiger partial charge on any atom is 0.293 e. The molecule has 1 amide bonds. The summed E-state index contributed by atoms with van der Waals surface area (Å²) in [4.78, 5) is 22.7. The summed E-state index contributed by atoms with van der Waals surface area (Å²) in [7, 11) is -3.36. The van der Waals surface area contributed by atoms with Crippen LogP contribution in [0.4, 0.5) is 15.8 Å². The quantitative estimate of drug-likeness (QED) is 0.148. The van der Waals surface area contributed by atoms with Gasteiger partial charge in [-0.05, 0) is 64.6 Å². The molecule has 9 nitrogen and oxygen atoms in total. The third kappa shape index (κ3) is 5.67. The second kappa shape index (κ2) is 10.9. The van der Waals surface area contributed by atoms with Gasteiger partial charge in [-0.1, -0.05) is 12.1 Å². The highest BCUT2D eigenvalue weighted by Crippen LogP contribution is 2.35. The summed E-state index contributed by atoms with van der Waals surface area (Å²) in [5, 5.41) is 12.6. The van der Waals surface area contributed by atoms with E-state index >= 15 is 0 Å². The van der Waals surface area contributed by atoms with E-state index in [0.717, 1.165) is 11.8 Å². The summed E-state index contributed by atoms with van der Waals surface area (Å²) in [5.74, 6) is -1.12. The number of aliphatic hydroxyl groups is 1. The fourth-order valence-electron chi connectivity index (χ4n) is 3.69. The number of hydroxylamine groups is 1. The summed E-state index contributed by atoms with van der Waals surface area (Å²) in [6.45, 7) is -0.210. The third-order valence-corrected chi connectivity index (χ3v) is 7.12. The molecule has 0 radical (unpaired) electrons. The third-order valence-electron chi connectivity index (χ3n) is 5.32. The van der Waals surface area contributed by atoms with Crippen LogP contribution in [-0.4, -0.2) is 48.5 Å². The maximum atomic E-state index is 14.7. The van der Waals surface area contributed by atoms with Crippen molar-refractivity contribution in [1.82, 2.24) is 15.0 Å². The zero-order chi connectivity index (χ0) is 25.9. The van der Waals surface area contributed by atoms with Gasteiger partial charge in [0.1, 0.15) is 11.5 Å². The van der Waals surface area contributed by atoms with E-state index in [1.807, 2.05) is 22.6 Å². The van der Waals surface area contributed by atoms with Crippen LogP contribution in [0.3, 0.4) is 0 Å². The molecule has 188 valence electrons. The van der Waals surface area contributed by atoms with Crippen LogP contribution in [0, 0.1) is 9.39 Å². The van der Waals surface area contributed by atoms with Gasteiger partial charge in [-0.3, -0.25) is 14.6 Å². The molecule has 2 aromatic carbocycles. The molecule has 0 bridgehead atoms. The van der Waals surface area contributed by atoms with Crippen molar-refractivity contribution in [2.75, 3.05) is 24.8 Å².